The van der Waals surface area contributed by atoms with Crippen molar-refractivity contribution in [1.29, 1.82) is 5.26 Å². The van der Waals surface area contributed by atoms with Gasteiger partial charge in [-0.3, -0.25) is 4.79 Å². The van der Waals surface area contributed by atoms with E-state index < -0.39 is 12.5 Å². The third-order valence-corrected chi connectivity index (χ3v) is 2.98. The number of halogens is 2. The van der Waals surface area contributed by atoms with Crippen LogP contribution in [-0.4, -0.2) is 24.6 Å². The first-order chi connectivity index (χ1) is 11.0. The molecular weight excluding hydrogens is 308 g/mol. The number of H-pyrrole nitrogens is 1. The molecule has 1 amide bonds. The molecule has 0 radical (unpaired) electrons. The molecule has 0 aliphatic rings. The highest BCUT2D eigenvalue weighted by molar-refractivity contribution is 5.92. The van der Waals surface area contributed by atoms with E-state index in [2.05, 4.69) is 15.0 Å². The molecule has 0 aliphatic heterocycles. The van der Waals surface area contributed by atoms with Crippen LogP contribution < -0.4 is 14.8 Å². The van der Waals surface area contributed by atoms with Crippen molar-refractivity contribution in [2.24, 2.45) is 0 Å². The number of aromatic nitrogens is 1. The van der Waals surface area contributed by atoms with Crippen LogP contribution in [0.15, 0.2) is 30.5 Å². The lowest BCUT2D eigenvalue weighted by molar-refractivity contribution is -0.0518. The normalized spacial score (nSPS) is 10.2. The topological polar surface area (TPSA) is 87.1 Å². The van der Waals surface area contributed by atoms with Crippen LogP contribution in [0.25, 0.3) is 0 Å². The minimum atomic E-state index is -3.01. The molecule has 0 atom stereocenters. The maximum atomic E-state index is 12.5. The van der Waals surface area contributed by atoms with Gasteiger partial charge < -0.3 is 19.8 Å². The summed E-state index contributed by atoms with van der Waals surface area (Å²) in [5, 5.41) is 11.3. The molecule has 2 N–H and O–H groups in total. The van der Waals surface area contributed by atoms with Crippen LogP contribution in [0.1, 0.15) is 21.6 Å². The van der Waals surface area contributed by atoms with Gasteiger partial charge in [-0.05, 0) is 12.1 Å². The average molecular weight is 321 g/mol. The Balaban J connectivity index is 2.13. The van der Waals surface area contributed by atoms with Crippen molar-refractivity contribution in [3.63, 3.8) is 0 Å². The molecule has 120 valence electrons. The fourth-order valence-corrected chi connectivity index (χ4v) is 1.94. The molecule has 0 aliphatic carbocycles. The molecule has 0 unspecified atom stereocenters. The van der Waals surface area contributed by atoms with E-state index in [4.69, 9.17) is 10.00 Å². The van der Waals surface area contributed by atoms with E-state index in [0.29, 0.717) is 11.1 Å². The Morgan fingerprint density at radius 3 is 2.87 bits per heavy atom. The van der Waals surface area contributed by atoms with Crippen LogP contribution in [0, 0.1) is 11.3 Å². The largest absolute Gasteiger partial charge is 0.493 e. The Hall–Kier alpha value is -3.08. The fourth-order valence-electron chi connectivity index (χ4n) is 1.94. The van der Waals surface area contributed by atoms with Crippen LogP contribution in [-0.2, 0) is 6.54 Å². The summed E-state index contributed by atoms with van der Waals surface area (Å²) >= 11 is 0. The third-order valence-electron chi connectivity index (χ3n) is 2.98. The summed E-state index contributed by atoms with van der Waals surface area (Å²) in [5.74, 6) is -0.462. The zero-order valence-corrected chi connectivity index (χ0v) is 12.1. The first-order valence-corrected chi connectivity index (χ1v) is 6.52. The quantitative estimate of drug-likeness (QED) is 0.855. The predicted molar refractivity (Wildman–Crippen MR) is 76.3 cm³/mol. The van der Waals surface area contributed by atoms with E-state index in [1.165, 1.54) is 31.5 Å². The van der Waals surface area contributed by atoms with E-state index in [9.17, 15) is 13.6 Å². The summed E-state index contributed by atoms with van der Waals surface area (Å²) in [4.78, 5) is 14.6. The van der Waals surface area contributed by atoms with Crippen molar-refractivity contribution in [2.75, 3.05) is 7.11 Å². The monoisotopic (exact) mass is 321 g/mol. The second-order valence-electron chi connectivity index (χ2n) is 4.42. The number of para-hydroxylation sites is 1. The molecule has 0 saturated carbocycles. The first kappa shape index (κ1) is 16.3. The maximum Gasteiger partial charge on any atom is 0.387 e. The molecule has 8 heteroatoms. The third kappa shape index (κ3) is 3.97. The molecule has 0 bridgehead atoms. The van der Waals surface area contributed by atoms with E-state index in [0.717, 1.165) is 0 Å². The number of nitrogens with zero attached hydrogens (tertiary/aromatic N) is 1. The van der Waals surface area contributed by atoms with E-state index >= 15 is 0 Å². The van der Waals surface area contributed by atoms with Gasteiger partial charge in [-0.1, -0.05) is 12.1 Å². The molecule has 0 spiro atoms. The lowest BCUT2D eigenvalue weighted by Gasteiger charge is -2.14. The lowest BCUT2D eigenvalue weighted by atomic mass is 10.2. The SMILES string of the molecule is COc1cccc(CNC(=O)c2cc(C#N)c[nH]2)c1OC(F)F. The van der Waals surface area contributed by atoms with Crippen molar-refractivity contribution in [3.8, 4) is 17.6 Å². The van der Waals surface area contributed by atoms with Crippen LogP contribution in [0.4, 0.5) is 8.78 Å². The molecule has 0 fully saturated rings. The molecule has 6 nitrogen and oxygen atoms in total. The second-order valence-corrected chi connectivity index (χ2v) is 4.42. The summed E-state index contributed by atoms with van der Waals surface area (Å²) in [6.45, 7) is -3.05. The van der Waals surface area contributed by atoms with Gasteiger partial charge in [0.25, 0.3) is 5.91 Å². The zero-order valence-electron chi connectivity index (χ0n) is 12.1. The summed E-state index contributed by atoms with van der Waals surface area (Å²) < 4.78 is 34.5. The second kappa shape index (κ2) is 7.26. The summed E-state index contributed by atoms with van der Waals surface area (Å²) in [6, 6.07) is 7.89. The molecule has 2 rings (SSSR count). The standard InChI is InChI=1S/C15H13F2N3O3/c1-22-12-4-2-3-10(13(12)23-15(16)17)8-20-14(21)11-5-9(6-18)7-19-11/h2-5,7,15,19H,8H2,1H3,(H,20,21). The van der Waals surface area contributed by atoms with Gasteiger partial charge in [-0.25, -0.2) is 0 Å². The van der Waals surface area contributed by atoms with Gasteiger partial charge in [0.15, 0.2) is 11.5 Å². The summed E-state index contributed by atoms with van der Waals surface area (Å²) in [5.41, 5.74) is 0.851. The number of ether oxygens (including phenoxy) is 2. The number of methoxy groups -OCH3 is 1. The van der Waals surface area contributed by atoms with Gasteiger partial charge in [0.2, 0.25) is 0 Å². The lowest BCUT2D eigenvalue weighted by Crippen LogP contribution is -2.23. The number of rotatable bonds is 6. The van der Waals surface area contributed by atoms with Gasteiger partial charge in [0.1, 0.15) is 11.8 Å². The highest BCUT2D eigenvalue weighted by Crippen LogP contribution is 2.32. The predicted octanol–water partition coefficient (Wildman–Crippen LogP) is 2.43. The molecule has 1 aromatic carbocycles. The minimum Gasteiger partial charge on any atom is -0.493 e. The van der Waals surface area contributed by atoms with E-state index in [1.54, 1.807) is 6.07 Å². The Morgan fingerprint density at radius 2 is 2.26 bits per heavy atom. The number of amides is 1. The Morgan fingerprint density at radius 1 is 1.48 bits per heavy atom. The number of carbonyl (C=O) groups is 1. The molecule has 23 heavy (non-hydrogen) atoms. The molecule has 2 aromatic rings. The van der Waals surface area contributed by atoms with Crippen molar-refractivity contribution in [2.45, 2.75) is 13.2 Å². The van der Waals surface area contributed by atoms with Crippen molar-refractivity contribution in [1.82, 2.24) is 10.3 Å². The Labute approximate surface area is 130 Å². The van der Waals surface area contributed by atoms with Gasteiger partial charge in [-0.15, -0.1) is 0 Å². The van der Waals surface area contributed by atoms with Crippen LogP contribution in [0.3, 0.4) is 0 Å². The summed E-state index contributed by atoms with van der Waals surface area (Å²) in [6.07, 6.45) is 1.39. The van der Waals surface area contributed by atoms with Crippen molar-refractivity contribution >= 4 is 5.91 Å². The molecular formula is C15H13F2N3O3. The zero-order chi connectivity index (χ0) is 16.8. The summed E-state index contributed by atoms with van der Waals surface area (Å²) in [7, 11) is 1.33. The number of carbonyl (C=O) groups excluding carboxylic acids is 1. The average Bonchev–Trinajstić information content (AvgIpc) is 3.02. The number of nitriles is 1. The number of aromatic amines is 1. The van der Waals surface area contributed by atoms with Gasteiger partial charge in [0.05, 0.1) is 12.7 Å². The highest BCUT2D eigenvalue weighted by Gasteiger charge is 2.16. The van der Waals surface area contributed by atoms with Crippen LogP contribution in [0.5, 0.6) is 11.5 Å². The number of hydrogen-bond donors (Lipinski definition) is 2. The van der Waals surface area contributed by atoms with Gasteiger partial charge in [0, 0.05) is 18.3 Å². The van der Waals surface area contributed by atoms with Gasteiger partial charge in [-0.2, -0.15) is 14.0 Å². The smallest absolute Gasteiger partial charge is 0.387 e. The van der Waals surface area contributed by atoms with E-state index in [1.807, 2.05) is 6.07 Å². The van der Waals surface area contributed by atoms with Crippen molar-refractivity contribution < 1.29 is 23.0 Å². The Bertz CT molecular complexity index is 738. The fraction of sp³-hybridized carbons (Fsp3) is 0.200. The number of benzene rings is 1. The highest BCUT2D eigenvalue weighted by atomic mass is 19.3. The molecule has 1 aromatic heterocycles. The molecule has 0 saturated heterocycles. The van der Waals surface area contributed by atoms with E-state index in [-0.39, 0.29) is 23.7 Å². The minimum absolute atomic E-state index is 0.0427. The first-order valence-electron chi connectivity index (χ1n) is 6.52. The number of alkyl halides is 2. The Kier molecular flexibility index (Phi) is 5.15. The van der Waals surface area contributed by atoms with Crippen LogP contribution >= 0.6 is 0 Å². The van der Waals surface area contributed by atoms with Crippen molar-refractivity contribution in [3.05, 3.63) is 47.3 Å². The molecule has 1 heterocycles. The van der Waals surface area contributed by atoms with Gasteiger partial charge >= 0.3 is 6.61 Å². The van der Waals surface area contributed by atoms with Crippen LogP contribution in [0.2, 0.25) is 0 Å². The number of hydrogen-bond acceptors (Lipinski definition) is 4. The maximum absolute atomic E-state index is 12.5. The number of nitrogens with one attached hydrogen (secondary N) is 2.